The van der Waals surface area contributed by atoms with Crippen molar-refractivity contribution in [3.8, 4) is 5.75 Å². The number of Topliss-reactive ketones (excluding diaryl/α,β-unsaturated/α-hetero) is 1. The summed E-state index contributed by atoms with van der Waals surface area (Å²) in [4.78, 5) is 12.5. The molecule has 0 unspecified atom stereocenters. The monoisotopic (exact) mass is 280 g/mol. The summed E-state index contributed by atoms with van der Waals surface area (Å²) in [6.45, 7) is 0. The van der Waals surface area contributed by atoms with Crippen LogP contribution < -0.4 is 4.74 Å². The molecule has 1 fully saturated rings. The van der Waals surface area contributed by atoms with Gasteiger partial charge in [0.05, 0.1) is 7.11 Å². The van der Waals surface area contributed by atoms with Crippen molar-refractivity contribution < 1.29 is 9.53 Å². The van der Waals surface area contributed by atoms with Crippen molar-refractivity contribution in [2.24, 2.45) is 0 Å². The van der Waals surface area contributed by atoms with E-state index in [0.717, 1.165) is 24.2 Å². The molecule has 0 aromatic heterocycles. The highest BCUT2D eigenvalue weighted by atomic mass is 16.5. The smallest absolute Gasteiger partial charge is 0.140 e. The van der Waals surface area contributed by atoms with Crippen molar-refractivity contribution in [3.05, 3.63) is 65.7 Å². The second kappa shape index (κ2) is 6.13. The molecule has 108 valence electrons. The standard InChI is InChI=1S/C19H20O2/c1-21-16-12-10-14(11-13-16)17-8-5-9-18(20)19(17)15-6-3-2-4-7-15/h2-4,6-7,10-13,17,19H,5,8-9H2,1H3/t17-,19-/m0/s1. The molecular formula is C19H20O2. The van der Waals surface area contributed by atoms with Crippen LogP contribution in [0, 0.1) is 0 Å². The van der Waals surface area contributed by atoms with Crippen LogP contribution >= 0.6 is 0 Å². The SMILES string of the molecule is COc1ccc([C@@H]2CCCC(=O)[C@H]2c2ccccc2)cc1. The van der Waals surface area contributed by atoms with Crippen molar-refractivity contribution in [1.82, 2.24) is 0 Å². The van der Waals surface area contributed by atoms with Gasteiger partial charge in [-0.1, -0.05) is 42.5 Å². The summed E-state index contributed by atoms with van der Waals surface area (Å²) in [7, 11) is 1.67. The van der Waals surface area contributed by atoms with Crippen LogP contribution in [0.5, 0.6) is 5.75 Å². The zero-order valence-corrected chi connectivity index (χ0v) is 12.3. The molecule has 1 saturated carbocycles. The number of ether oxygens (including phenoxy) is 1. The molecule has 0 aliphatic heterocycles. The number of hydrogen-bond acceptors (Lipinski definition) is 2. The molecule has 0 spiro atoms. The zero-order chi connectivity index (χ0) is 14.7. The number of carbonyl (C=O) groups excluding carboxylic acids is 1. The van der Waals surface area contributed by atoms with Crippen LogP contribution in [0.25, 0.3) is 0 Å². The number of ketones is 1. The Morgan fingerprint density at radius 2 is 1.67 bits per heavy atom. The number of benzene rings is 2. The largest absolute Gasteiger partial charge is 0.497 e. The third-order valence-corrected chi connectivity index (χ3v) is 4.39. The quantitative estimate of drug-likeness (QED) is 0.837. The minimum absolute atomic E-state index is 0.00616. The summed E-state index contributed by atoms with van der Waals surface area (Å²) in [5, 5.41) is 0. The lowest BCUT2D eigenvalue weighted by Gasteiger charge is -2.31. The van der Waals surface area contributed by atoms with Crippen LogP contribution in [0.1, 0.15) is 42.2 Å². The molecule has 1 aliphatic carbocycles. The average molecular weight is 280 g/mol. The molecule has 0 radical (unpaired) electrons. The maximum atomic E-state index is 12.5. The minimum atomic E-state index is -0.00616. The van der Waals surface area contributed by atoms with E-state index in [4.69, 9.17) is 4.74 Å². The van der Waals surface area contributed by atoms with Crippen LogP contribution in [-0.2, 0) is 4.79 Å². The molecule has 1 aliphatic rings. The third kappa shape index (κ3) is 2.85. The molecule has 0 saturated heterocycles. The maximum Gasteiger partial charge on any atom is 0.140 e. The van der Waals surface area contributed by atoms with Crippen LogP contribution in [0.2, 0.25) is 0 Å². The second-order valence-electron chi connectivity index (χ2n) is 5.63. The lowest BCUT2D eigenvalue weighted by Crippen LogP contribution is -2.25. The summed E-state index contributed by atoms with van der Waals surface area (Å²) in [6.07, 6.45) is 2.75. The van der Waals surface area contributed by atoms with E-state index >= 15 is 0 Å². The van der Waals surface area contributed by atoms with Gasteiger partial charge in [0.25, 0.3) is 0 Å². The highest BCUT2D eigenvalue weighted by Crippen LogP contribution is 2.42. The van der Waals surface area contributed by atoms with Gasteiger partial charge in [0, 0.05) is 12.3 Å². The van der Waals surface area contributed by atoms with Crippen molar-refractivity contribution in [2.45, 2.75) is 31.1 Å². The van der Waals surface area contributed by atoms with Crippen molar-refractivity contribution in [1.29, 1.82) is 0 Å². The van der Waals surface area contributed by atoms with Gasteiger partial charge in [0.1, 0.15) is 11.5 Å². The Morgan fingerprint density at radius 3 is 2.33 bits per heavy atom. The fourth-order valence-electron chi connectivity index (χ4n) is 3.33. The van der Waals surface area contributed by atoms with E-state index in [1.54, 1.807) is 7.11 Å². The first-order valence-electron chi connectivity index (χ1n) is 7.51. The predicted molar refractivity (Wildman–Crippen MR) is 83.8 cm³/mol. The molecule has 2 aromatic carbocycles. The number of methoxy groups -OCH3 is 1. The Labute approximate surface area is 125 Å². The fourth-order valence-corrected chi connectivity index (χ4v) is 3.33. The van der Waals surface area contributed by atoms with Gasteiger partial charge in [-0.05, 0) is 42.0 Å². The Hall–Kier alpha value is -2.09. The predicted octanol–water partition coefficient (Wildman–Crippen LogP) is 4.32. The van der Waals surface area contributed by atoms with Crippen LogP contribution in [0.3, 0.4) is 0 Å². The van der Waals surface area contributed by atoms with Gasteiger partial charge in [-0.2, -0.15) is 0 Å². The number of carbonyl (C=O) groups is 1. The van der Waals surface area contributed by atoms with Gasteiger partial charge < -0.3 is 4.74 Å². The Kier molecular flexibility index (Phi) is 4.05. The van der Waals surface area contributed by atoms with Crippen molar-refractivity contribution in [3.63, 3.8) is 0 Å². The van der Waals surface area contributed by atoms with E-state index < -0.39 is 0 Å². The van der Waals surface area contributed by atoms with Gasteiger partial charge >= 0.3 is 0 Å². The van der Waals surface area contributed by atoms with Crippen LogP contribution in [-0.4, -0.2) is 12.9 Å². The molecule has 0 heterocycles. The second-order valence-corrected chi connectivity index (χ2v) is 5.63. The fraction of sp³-hybridized carbons (Fsp3) is 0.316. The Bertz CT molecular complexity index is 601. The summed E-state index contributed by atoms with van der Waals surface area (Å²) in [6, 6.07) is 18.3. The van der Waals surface area contributed by atoms with Crippen LogP contribution in [0.15, 0.2) is 54.6 Å². The lowest BCUT2D eigenvalue weighted by atomic mass is 9.71. The van der Waals surface area contributed by atoms with E-state index in [0.29, 0.717) is 12.2 Å². The summed E-state index contributed by atoms with van der Waals surface area (Å²) >= 11 is 0. The molecule has 2 nitrogen and oxygen atoms in total. The van der Waals surface area contributed by atoms with E-state index in [1.165, 1.54) is 5.56 Å². The average Bonchev–Trinajstić information content (AvgIpc) is 2.55. The molecule has 0 amide bonds. The first-order valence-corrected chi connectivity index (χ1v) is 7.51. The van der Waals surface area contributed by atoms with Crippen molar-refractivity contribution >= 4 is 5.78 Å². The van der Waals surface area contributed by atoms with Gasteiger partial charge in [-0.25, -0.2) is 0 Å². The van der Waals surface area contributed by atoms with Gasteiger partial charge in [0.15, 0.2) is 0 Å². The lowest BCUT2D eigenvalue weighted by molar-refractivity contribution is -0.122. The number of hydrogen-bond donors (Lipinski definition) is 0. The Balaban J connectivity index is 1.95. The van der Waals surface area contributed by atoms with E-state index in [1.807, 2.05) is 30.3 Å². The molecule has 0 bridgehead atoms. The van der Waals surface area contributed by atoms with Gasteiger partial charge in [-0.3, -0.25) is 4.79 Å². The molecule has 2 heteroatoms. The maximum absolute atomic E-state index is 12.5. The molecule has 2 aromatic rings. The normalized spacial score (nSPS) is 22.0. The first-order chi connectivity index (χ1) is 10.3. The Morgan fingerprint density at radius 1 is 0.952 bits per heavy atom. The first kappa shape index (κ1) is 13.9. The highest BCUT2D eigenvalue weighted by molar-refractivity contribution is 5.87. The van der Waals surface area contributed by atoms with E-state index in [2.05, 4.69) is 24.3 Å². The van der Waals surface area contributed by atoms with Gasteiger partial charge in [0.2, 0.25) is 0 Å². The third-order valence-electron chi connectivity index (χ3n) is 4.39. The topological polar surface area (TPSA) is 26.3 Å². The van der Waals surface area contributed by atoms with Crippen molar-refractivity contribution in [2.75, 3.05) is 7.11 Å². The molecular weight excluding hydrogens is 260 g/mol. The van der Waals surface area contributed by atoms with Gasteiger partial charge in [-0.15, -0.1) is 0 Å². The zero-order valence-electron chi connectivity index (χ0n) is 12.3. The summed E-state index contributed by atoms with van der Waals surface area (Å²) in [5.41, 5.74) is 2.38. The number of rotatable bonds is 3. The molecule has 21 heavy (non-hydrogen) atoms. The minimum Gasteiger partial charge on any atom is -0.497 e. The van der Waals surface area contributed by atoms with E-state index in [9.17, 15) is 4.79 Å². The molecule has 0 N–H and O–H groups in total. The summed E-state index contributed by atoms with van der Waals surface area (Å²) < 4.78 is 5.22. The molecule has 3 rings (SSSR count). The molecule has 2 atom stereocenters. The van der Waals surface area contributed by atoms with Crippen LogP contribution in [0.4, 0.5) is 0 Å². The summed E-state index contributed by atoms with van der Waals surface area (Å²) in [5.74, 6) is 1.50. The van der Waals surface area contributed by atoms with E-state index in [-0.39, 0.29) is 11.8 Å². The highest BCUT2D eigenvalue weighted by Gasteiger charge is 2.33.